The molecule has 0 N–H and O–H groups in total. The molecule has 0 saturated carbocycles. The zero-order valence-corrected chi connectivity index (χ0v) is 10.6. The molecule has 0 spiro atoms. The zero-order valence-electron chi connectivity index (χ0n) is 10.6. The fourth-order valence-corrected chi connectivity index (χ4v) is 2.09. The zero-order chi connectivity index (χ0) is 10.8. The summed E-state index contributed by atoms with van der Waals surface area (Å²) in [6.45, 7) is 11.5. The highest BCUT2D eigenvalue weighted by atomic mass is 15.1. The van der Waals surface area contributed by atoms with Crippen LogP contribution in [0.2, 0.25) is 0 Å². The highest BCUT2D eigenvalue weighted by molar-refractivity contribution is 4.70. The molecule has 0 aliphatic rings. The fraction of sp³-hybridized carbons (Fsp3) is 0.923. The van der Waals surface area contributed by atoms with E-state index >= 15 is 0 Å². The molecule has 14 heavy (non-hydrogen) atoms. The van der Waals surface area contributed by atoms with Gasteiger partial charge in [0.15, 0.2) is 0 Å². The third-order valence-electron chi connectivity index (χ3n) is 3.03. The van der Waals surface area contributed by atoms with Crippen LogP contribution in [0.5, 0.6) is 0 Å². The van der Waals surface area contributed by atoms with Gasteiger partial charge in [-0.2, -0.15) is 0 Å². The lowest BCUT2D eigenvalue weighted by molar-refractivity contribution is 0.198. The maximum atomic E-state index is 2.59. The predicted molar refractivity (Wildman–Crippen MR) is 65.4 cm³/mol. The molecule has 1 unspecified atom stereocenters. The summed E-state index contributed by atoms with van der Waals surface area (Å²) < 4.78 is 0. The Hall–Kier alpha value is -0.0400. The maximum Gasteiger partial charge on any atom is 0.00924 e. The normalized spacial score (nSPS) is 13.5. The summed E-state index contributed by atoms with van der Waals surface area (Å²) in [7, 11) is 0. The molecule has 0 aromatic heterocycles. The fourth-order valence-electron chi connectivity index (χ4n) is 2.09. The van der Waals surface area contributed by atoms with Crippen LogP contribution in [0.25, 0.3) is 0 Å². The maximum absolute atomic E-state index is 2.59. The van der Waals surface area contributed by atoms with Gasteiger partial charge in [0.1, 0.15) is 0 Å². The van der Waals surface area contributed by atoms with E-state index in [1.165, 1.54) is 45.2 Å². The van der Waals surface area contributed by atoms with Gasteiger partial charge in [0.25, 0.3) is 0 Å². The molecule has 85 valence electrons. The third-order valence-corrected chi connectivity index (χ3v) is 3.03. The molecule has 0 bridgehead atoms. The molecule has 1 heteroatoms. The van der Waals surface area contributed by atoms with E-state index in [-0.39, 0.29) is 0 Å². The summed E-state index contributed by atoms with van der Waals surface area (Å²) in [6.07, 6.45) is 8.95. The van der Waals surface area contributed by atoms with Crippen molar-refractivity contribution in [2.45, 2.75) is 65.8 Å². The topological polar surface area (TPSA) is 3.24 Å². The van der Waals surface area contributed by atoms with E-state index in [0.29, 0.717) is 0 Å². The van der Waals surface area contributed by atoms with Gasteiger partial charge < -0.3 is 4.90 Å². The molecular weight excluding hydrogens is 170 g/mol. The lowest BCUT2D eigenvalue weighted by atomic mass is 10.0. The first-order valence-corrected chi connectivity index (χ1v) is 6.35. The molecule has 1 atom stereocenters. The van der Waals surface area contributed by atoms with Crippen LogP contribution in [0.4, 0.5) is 0 Å². The number of hydrogen-bond donors (Lipinski definition) is 0. The average Bonchev–Trinajstić information content (AvgIpc) is 2.23. The quantitative estimate of drug-likeness (QED) is 0.508. The van der Waals surface area contributed by atoms with Crippen LogP contribution in [0, 0.1) is 6.42 Å². The number of nitrogens with zero attached hydrogens (tertiary/aromatic N) is 1. The van der Waals surface area contributed by atoms with Gasteiger partial charge in [0.2, 0.25) is 0 Å². The highest BCUT2D eigenvalue weighted by Gasteiger charge is 2.12. The summed E-state index contributed by atoms with van der Waals surface area (Å²) in [5, 5.41) is 0. The minimum atomic E-state index is 0.815. The van der Waals surface area contributed by atoms with E-state index in [1.807, 2.05) is 0 Å². The molecule has 1 radical (unpaired) electrons. The predicted octanol–water partition coefficient (Wildman–Crippen LogP) is 3.89. The SMILES string of the molecule is CC[CH]CCCC(CC)N(CC)CC. The summed E-state index contributed by atoms with van der Waals surface area (Å²) >= 11 is 0. The standard InChI is InChI=1S/C13H28N/c1-5-9-10-11-12-13(6-2)14(7-3)8-4/h9,13H,5-8,10-12H2,1-4H3. The lowest BCUT2D eigenvalue weighted by Gasteiger charge is -2.28. The Bertz CT molecular complexity index is 108. The Labute approximate surface area is 90.9 Å². The Balaban J connectivity index is 3.65. The van der Waals surface area contributed by atoms with Crippen molar-refractivity contribution in [3.8, 4) is 0 Å². The van der Waals surface area contributed by atoms with Crippen molar-refractivity contribution in [3.63, 3.8) is 0 Å². The Morgan fingerprint density at radius 2 is 1.71 bits per heavy atom. The van der Waals surface area contributed by atoms with Gasteiger partial charge in [0.05, 0.1) is 0 Å². The number of hydrogen-bond acceptors (Lipinski definition) is 1. The highest BCUT2D eigenvalue weighted by Crippen LogP contribution is 2.13. The van der Waals surface area contributed by atoms with Crippen molar-refractivity contribution < 1.29 is 0 Å². The van der Waals surface area contributed by atoms with Crippen LogP contribution >= 0.6 is 0 Å². The summed E-state index contributed by atoms with van der Waals surface area (Å²) in [5.74, 6) is 0. The average molecular weight is 198 g/mol. The van der Waals surface area contributed by atoms with Gasteiger partial charge in [0, 0.05) is 6.04 Å². The number of unbranched alkanes of at least 4 members (excludes halogenated alkanes) is 3. The van der Waals surface area contributed by atoms with Gasteiger partial charge in [-0.25, -0.2) is 0 Å². The van der Waals surface area contributed by atoms with E-state index in [9.17, 15) is 0 Å². The Morgan fingerprint density at radius 3 is 2.14 bits per heavy atom. The summed E-state index contributed by atoms with van der Waals surface area (Å²) in [5.41, 5.74) is 0. The van der Waals surface area contributed by atoms with Crippen LogP contribution < -0.4 is 0 Å². The van der Waals surface area contributed by atoms with Crippen molar-refractivity contribution in [2.75, 3.05) is 13.1 Å². The molecule has 0 aliphatic carbocycles. The van der Waals surface area contributed by atoms with Crippen molar-refractivity contribution in [3.05, 3.63) is 6.42 Å². The van der Waals surface area contributed by atoms with Gasteiger partial charge >= 0.3 is 0 Å². The minimum absolute atomic E-state index is 0.815. The molecule has 0 aromatic carbocycles. The Kier molecular flexibility index (Phi) is 9.49. The van der Waals surface area contributed by atoms with Crippen molar-refractivity contribution in [1.29, 1.82) is 0 Å². The second-order valence-corrected chi connectivity index (χ2v) is 3.91. The summed E-state index contributed by atoms with van der Waals surface area (Å²) in [4.78, 5) is 2.59. The first kappa shape index (κ1) is 14.0. The van der Waals surface area contributed by atoms with Crippen molar-refractivity contribution in [2.24, 2.45) is 0 Å². The van der Waals surface area contributed by atoms with E-state index in [0.717, 1.165) is 6.04 Å². The smallest absolute Gasteiger partial charge is 0.00924 e. The van der Waals surface area contributed by atoms with Gasteiger partial charge in [-0.05, 0) is 32.4 Å². The summed E-state index contributed by atoms with van der Waals surface area (Å²) in [6, 6.07) is 0.815. The van der Waals surface area contributed by atoms with Gasteiger partial charge in [-0.1, -0.05) is 47.0 Å². The molecule has 0 heterocycles. The molecule has 0 amide bonds. The molecule has 0 rings (SSSR count). The van der Waals surface area contributed by atoms with Crippen molar-refractivity contribution >= 4 is 0 Å². The molecule has 0 aliphatic heterocycles. The molecule has 0 aromatic rings. The molecule has 1 nitrogen and oxygen atoms in total. The molecule has 0 fully saturated rings. The van der Waals surface area contributed by atoms with Crippen LogP contribution in [0.3, 0.4) is 0 Å². The Morgan fingerprint density at radius 1 is 1.07 bits per heavy atom. The van der Waals surface area contributed by atoms with E-state index in [2.05, 4.69) is 39.0 Å². The first-order valence-electron chi connectivity index (χ1n) is 6.35. The van der Waals surface area contributed by atoms with E-state index in [1.54, 1.807) is 0 Å². The van der Waals surface area contributed by atoms with Crippen molar-refractivity contribution in [1.82, 2.24) is 4.90 Å². The lowest BCUT2D eigenvalue weighted by Crippen LogP contribution is -2.34. The minimum Gasteiger partial charge on any atom is -0.301 e. The van der Waals surface area contributed by atoms with Crippen LogP contribution in [-0.2, 0) is 0 Å². The number of rotatable bonds is 9. The van der Waals surface area contributed by atoms with E-state index < -0.39 is 0 Å². The second kappa shape index (κ2) is 9.51. The van der Waals surface area contributed by atoms with Crippen LogP contribution in [0.1, 0.15) is 59.8 Å². The van der Waals surface area contributed by atoms with Crippen LogP contribution in [0.15, 0.2) is 0 Å². The van der Waals surface area contributed by atoms with Gasteiger partial charge in [-0.3, -0.25) is 0 Å². The largest absolute Gasteiger partial charge is 0.301 e. The molecular formula is C13H28N. The third kappa shape index (κ3) is 5.64. The molecule has 0 saturated heterocycles. The van der Waals surface area contributed by atoms with Gasteiger partial charge in [-0.15, -0.1) is 0 Å². The van der Waals surface area contributed by atoms with Crippen LogP contribution in [-0.4, -0.2) is 24.0 Å². The second-order valence-electron chi connectivity index (χ2n) is 3.91. The van der Waals surface area contributed by atoms with E-state index in [4.69, 9.17) is 0 Å². The monoisotopic (exact) mass is 198 g/mol. The first-order chi connectivity index (χ1) is 6.79.